The molecule has 0 bridgehead atoms. The lowest BCUT2D eigenvalue weighted by molar-refractivity contribution is -0.385. The number of nitrogens with zero attached hydrogens (tertiary/aromatic N) is 1. The van der Waals surface area contributed by atoms with Crippen molar-refractivity contribution >= 4 is 11.4 Å². The summed E-state index contributed by atoms with van der Waals surface area (Å²) in [4.78, 5) is 10.2. The minimum atomic E-state index is -0.569. The Morgan fingerprint density at radius 3 is 2.67 bits per heavy atom. The number of hydrogen-bond donors (Lipinski definition) is 1. The van der Waals surface area contributed by atoms with Gasteiger partial charge in [0.25, 0.3) is 5.69 Å². The zero-order valence-electron chi connectivity index (χ0n) is 12.6. The third kappa shape index (κ3) is 4.41. The van der Waals surface area contributed by atoms with E-state index in [2.05, 4.69) is 19.2 Å². The lowest BCUT2D eigenvalue weighted by Crippen LogP contribution is -2.19. The first-order chi connectivity index (χ1) is 9.95. The van der Waals surface area contributed by atoms with Gasteiger partial charge in [-0.05, 0) is 37.2 Å². The largest absolute Gasteiger partial charge is 0.382 e. The van der Waals surface area contributed by atoms with Crippen LogP contribution in [0.15, 0.2) is 18.2 Å². The number of anilines is 1. The topological polar surface area (TPSA) is 55.2 Å². The molecule has 0 aromatic heterocycles. The van der Waals surface area contributed by atoms with Crippen molar-refractivity contribution in [2.24, 2.45) is 11.8 Å². The highest BCUT2D eigenvalue weighted by Gasteiger charge is 2.21. The van der Waals surface area contributed by atoms with Crippen molar-refractivity contribution in [3.05, 3.63) is 34.1 Å². The molecule has 1 saturated carbocycles. The van der Waals surface area contributed by atoms with Crippen LogP contribution in [0.25, 0.3) is 0 Å². The molecule has 4 nitrogen and oxygen atoms in total. The van der Waals surface area contributed by atoms with E-state index >= 15 is 0 Å². The van der Waals surface area contributed by atoms with Crippen LogP contribution in [0, 0.1) is 27.8 Å². The molecule has 0 spiro atoms. The van der Waals surface area contributed by atoms with Gasteiger partial charge in [-0.3, -0.25) is 10.1 Å². The molecule has 2 rings (SSSR count). The van der Waals surface area contributed by atoms with E-state index in [1.165, 1.54) is 18.6 Å². The van der Waals surface area contributed by atoms with Crippen molar-refractivity contribution in [2.75, 3.05) is 5.32 Å². The van der Waals surface area contributed by atoms with Gasteiger partial charge in [-0.1, -0.05) is 26.7 Å². The first-order valence-electron chi connectivity index (χ1n) is 7.67. The highest BCUT2D eigenvalue weighted by atomic mass is 19.1. The van der Waals surface area contributed by atoms with Crippen molar-refractivity contribution < 1.29 is 9.31 Å². The highest BCUT2D eigenvalue weighted by molar-refractivity contribution is 5.52. The summed E-state index contributed by atoms with van der Waals surface area (Å²) in [6.45, 7) is 4.52. The van der Waals surface area contributed by atoms with Crippen molar-refractivity contribution in [1.29, 1.82) is 0 Å². The molecule has 1 aliphatic rings. The normalized spacial score (nSPS) is 22.9. The predicted molar refractivity (Wildman–Crippen MR) is 81.9 cm³/mol. The van der Waals surface area contributed by atoms with E-state index in [1.807, 2.05) is 0 Å². The third-order valence-corrected chi connectivity index (χ3v) is 4.42. The third-order valence-electron chi connectivity index (χ3n) is 4.42. The second-order valence-electron chi connectivity index (χ2n) is 6.31. The molecule has 0 heterocycles. The van der Waals surface area contributed by atoms with Crippen LogP contribution in [0.1, 0.15) is 46.0 Å². The fraction of sp³-hybridized carbons (Fsp3) is 0.625. The maximum Gasteiger partial charge on any atom is 0.274 e. The van der Waals surface area contributed by atoms with Gasteiger partial charge >= 0.3 is 0 Å². The number of nitro benzene ring substituents is 1. The summed E-state index contributed by atoms with van der Waals surface area (Å²) in [5.74, 6) is 0.873. The molecule has 1 aromatic carbocycles. The summed E-state index contributed by atoms with van der Waals surface area (Å²) in [7, 11) is 0. The fourth-order valence-electron chi connectivity index (χ4n) is 3.14. The number of nitrogens with one attached hydrogen (secondary N) is 1. The van der Waals surface area contributed by atoms with Gasteiger partial charge in [0.2, 0.25) is 0 Å². The van der Waals surface area contributed by atoms with Gasteiger partial charge in [0.05, 0.1) is 11.0 Å². The van der Waals surface area contributed by atoms with E-state index in [4.69, 9.17) is 0 Å². The average Bonchev–Trinajstić information content (AvgIpc) is 2.63. The molecule has 1 fully saturated rings. The standard InChI is InChI=1S/C16H23FN2O2/c1-11(2)12-4-3-5-14(7-6-12)18-15-8-13(17)9-16(10-15)19(20)21/h8-12,14,18H,3-7H2,1-2H3. The molecule has 0 saturated heterocycles. The van der Waals surface area contributed by atoms with Crippen LogP contribution in [0.2, 0.25) is 0 Å². The lowest BCUT2D eigenvalue weighted by atomic mass is 9.89. The molecule has 1 aromatic rings. The second kappa shape index (κ2) is 6.87. The van der Waals surface area contributed by atoms with E-state index in [0.29, 0.717) is 11.6 Å². The van der Waals surface area contributed by atoms with Crippen molar-refractivity contribution in [2.45, 2.75) is 52.0 Å². The predicted octanol–water partition coefficient (Wildman–Crippen LogP) is 4.75. The number of benzene rings is 1. The minimum Gasteiger partial charge on any atom is -0.382 e. The molecule has 5 heteroatoms. The summed E-state index contributed by atoms with van der Waals surface area (Å²) >= 11 is 0. The zero-order valence-corrected chi connectivity index (χ0v) is 12.6. The molecule has 0 radical (unpaired) electrons. The number of hydrogen-bond acceptors (Lipinski definition) is 3. The summed E-state index contributed by atoms with van der Waals surface area (Å²) in [6, 6.07) is 3.97. The van der Waals surface area contributed by atoms with Gasteiger partial charge in [0.1, 0.15) is 5.82 Å². The van der Waals surface area contributed by atoms with Crippen LogP contribution < -0.4 is 5.32 Å². The Morgan fingerprint density at radius 2 is 2.00 bits per heavy atom. The van der Waals surface area contributed by atoms with Crippen LogP contribution in [-0.4, -0.2) is 11.0 Å². The van der Waals surface area contributed by atoms with Gasteiger partial charge in [-0.2, -0.15) is 0 Å². The number of nitro groups is 1. The van der Waals surface area contributed by atoms with E-state index in [-0.39, 0.29) is 11.7 Å². The van der Waals surface area contributed by atoms with Crippen molar-refractivity contribution in [3.63, 3.8) is 0 Å². The zero-order chi connectivity index (χ0) is 15.4. The van der Waals surface area contributed by atoms with Crippen LogP contribution in [-0.2, 0) is 0 Å². The van der Waals surface area contributed by atoms with Crippen LogP contribution in [0.4, 0.5) is 15.8 Å². The Balaban J connectivity index is 2.03. The van der Waals surface area contributed by atoms with Crippen molar-refractivity contribution in [3.8, 4) is 0 Å². The van der Waals surface area contributed by atoms with E-state index in [1.54, 1.807) is 0 Å². The van der Waals surface area contributed by atoms with Crippen LogP contribution >= 0.6 is 0 Å². The Morgan fingerprint density at radius 1 is 1.24 bits per heavy atom. The first kappa shape index (κ1) is 15.7. The highest BCUT2D eigenvalue weighted by Crippen LogP contribution is 2.30. The fourth-order valence-corrected chi connectivity index (χ4v) is 3.14. The first-order valence-corrected chi connectivity index (χ1v) is 7.67. The quantitative estimate of drug-likeness (QED) is 0.495. The summed E-state index contributed by atoms with van der Waals surface area (Å²) in [5.41, 5.74) is 0.306. The molecular weight excluding hydrogens is 271 g/mol. The Labute approximate surface area is 124 Å². The summed E-state index contributed by atoms with van der Waals surface area (Å²) in [5, 5.41) is 14.1. The van der Waals surface area contributed by atoms with Crippen LogP contribution in [0.3, 0.4) is 0 Å². The van der Waals surface area contributed by atoms with E-state index < -0.39 is 10.7 Å². The molecule has 0 amide bonds. The van der Waals surface area contributed by atoms with Crippen molar-refractivity contribution in [1.82, 2.24) is 0 Å². The van der Waals surface area contributed by atoms with E-state index in [0.717, 1.165) is 37.7 Å². The SMILES string of the molecule is CC(C)C1CCCC(Nc2cc(F)cc([N+](=O)[O-])c2)CC1. The number of rotatable bonds is 4. The molecule has 1 aliphatic carbocycles. The van der Waals surface area contributed by atoms with Gasteiger partial charge in [0, 0.05) is 17.8 Å². The number of non-ortho nitro benzene ring substituents is 1. The van der Waals surface area contributed by atoms with Gasteiger partial charge < -0.3 is 5.32 Å². The lowest BCUT2D eigenvalue weighted by Gasteiger charge is -2.19. The average molecular weight is 294 g/mol. The maximum absolute atomic E-state index is 13.4. The van der Waals surface area contributed by atoms with Crippen LogP contribution in [0.5, 0.6) is 0 Å². The summed E-state index contributed by atoms with van der Waals surface area (Å²) < 4.78 is 13.4. The van der Waals surface area contributed by atoms with Gasteiger partial charge in [0.15, 0.2) is 0 Å². The molecule has 2 unspecified atom stereocenters. The van der Waals surface area contributed by atoms with Gasteiger partial charge in [-0.25, -0.2) is 4.39 Å². The second-order valence-corrected chi connectivity index (χ2v) is 6.31. The Hall–Kier alpha value is -1.65. The monoisotopic (exact) mass is 294 g/mol. The maximum atomic E-state index is 13.4. The molecule has 0 aliphatic heterocycles. The molecule has 116 valence electrons. The smallest absolute Gasteiger partial charge is 0.274 e. The minimum absolute atomic E-state index is 0.203. The molecule has 1 N–H and O–H groups in total. The Bertz CT molecular complexity index is 505. The van der Waals surface area contributed by atoms with Gasteiger partial charge in [-0.15, -0.1) is 0 Å². The molecular formula is C16H23FN2O2. The number of halogens is 1. The molecule has 2 atom stereocenters. The van der Waals surface area contributed by atoms with E-state index in [9.17, 15) is 14.5 Å². The molecule has 21 heavy (non-hydrogen) atoms. The Kier molecular flexibility index (Phi) is 5.15. The summed E-state index contributed by atoms with van der Waals surface area (Å²) in [6.07, 6.45) is 5.62.